The number of nitrogens with zero attached hydrogens (tertiary/aromatic N) is 2. The fourth-order valence-corrected chi connectivity index (χ4v) is 1.94. The molecule has 0 unspecified atom stereocenters. The minimum atomic E-state index is -0.446. The molecule has 0 saturated heterocycles. The van der Waals surface area contributed by atoms with Gasteiger partial charge in [-0.3, -0.25) is 0 Å². The molecule has 0 radical (unpaired) electrons. The summed E-state index contributed by atoms with van der Waals surface area (Å²) in [7, 11) is 0. The molecule has 0 aliphatic carbocycles. The largest absolute Gasteiger partial charge is 0.436 e. The van der Waals surface area contributed by atoms with Gasteiger partial charge in [-0.25, -0.2) is 9.37 Å². The summed E-state index contributed by atoms with van der Waals surface area (Å²) in [5, 5.41) is 3.15. The summed E-state index contributed by atoms with van der Waals surface area (Å²) >= 11 is 3.20. The Morgan fingerprint density at radius 1 is 1.30 bits per heavy atom. The van der Waals surface area contributed by atoms with Crippen LogP contribution in [0, 0.1) is 12.7 Å². The van der Waals surface area contributed by atoms with Gasteiger partial charge < -0.3 is 10.1 Å². The fourth-order valence-electron chi connectivity index (χ4n) is 1.61. The van der Waals surface area contributed by atoms with Crippen molar-refractivity contribution in [3.63, 3.8) is 0 Å². The molecule has 0 fully saturated rings. The van der Waals surface area contributed by atoms with E-state index in [9.17, 15) is 4.39 Å². The van der Waals surface area contributed by atoms with Crippen molar-refractivity contribution in [1.82, 2.24) is 9.97 Å². The zero-order chi connectivity index (χ0) is 14.5. The summed E-state index contributed by atoms with van der Waals surface area (Å²) in [6.45, 7) is 4.64. The van der Waals surface area contributed by atoms with Gasteiger partial charge in [-0.2, -0.15) is 4.98 Å². The third-order valence-corrected chi connectivity index (χ3v) is 2.97. The van der Waals surface area contributed by atoms with Gasteiger partial charge in [-0.1, -0.05) is 22.9 Å². The predicted molar refractivity (Wildman–Crippen MR) is 79.7 cm³/mol. The van der Waals surface area contributed by atoms with E-state index in [1.165, 1.54) is 6.07 Å². The highest BCUT2D eigenvalue weighted by atomic mass is 79.9. The standard InChI is InChI=1S/C14H15BrFN3O/c1-3-6-17-13-8-14(19-9(2)18-13)20-12-5-4-10(15)7-11(12)16/h4-5,7-8H,3,6H2,1-2H3,(H,17,18,19). The lowest BCUT2D eigenvalue weighted by Gasteiger charge is -2.09. The summed E-state index contributed by atoms with van der Waals surface area (Å²) in [6, 6.07) is 6.27. The van der Waals surface area contributed by atoms with E-state index in [2.05, 4.69) is 38.1 Å². The van der Waals surface area contributed by atoms with Crippen molar-refractivity contribution in [3.05, 3.63) is 40.4 Å². The molecular weight excluding hydrogens is 325 g/mol. The molecule has 1 N–H and O–H groups in total. The molecule has 0 aliphatic rings. The number of rotatable bonds is 5. The first kappa shape index (κ1) is 14.7. The van der Waals surface area contributed by atoms with Crippen LogP contribution in [0.2, 0.25) is 0 Å². The van der Waals surface area contributed by atoms with Gasteiger partial charge in [0.1, 0.15) is 11.6 Å². The average molecular weight is 340 g/mol. The predicted octanol–water partition coefficient (Wildman–Crippen LogP) is 4.30. The number of benzene rings is 1. The van der Waals surface area contributed by atoms with Crippen LogP contribution in [0.3, 0.4) is 0 Å². The van der Waals surface area contributed by atoms with Crippen LogP contribution in [0.15, 0.2) is 28.7 Å². The van der Waals surface area contributed by atoms with Gasteiger partial charge >= 0.3 is 0 Å². The van der Waals surface area contributed by atoms with Gasteiger partial charge in [0.05, 0.1) is 0 Å². The average Bonchev–Trinajstić information content (AvgIpc) is 2.39. The van der Waals surface area contributed by atoms with Crippen LogP contribution in [0.25, 0.3) is 0 Å². The fraction of sp³-hybridized carbons (Fsp3) is 0.286. The second kappa shape index (κ2) is 6.65. The van der Waals surface area contributed by atoms with Crippen molar-refractivity contribution in [2.75, 3.05) is 11.9 Å². The van der Waals surface area contributed by atoms with E-state index in [0.717, 1.165) is 13.0 Å². The van der Waals surface area contributed by atoms with E-state index in [0.29, 0.717) is 22.0 Å². The van der Waals surface area contributed by atoms with Crippen molar-refractivity contribution >= 4 is 21.7 Å². The van der Waals surface area contributed by atoms with E-state index in [4.69, 9.17) is 4.74 Å². The number of hydrogen-bond acceptors (Lipinski definition) is 4. The molecule has 4 nitrogen and oxygen atoms in total. The summed E-state index contributed by atoms with van der Waals surface area (Å²) in [5.41, 5.74) is 0. The zero-order valence-electron chi connectivity index (χ0n) is 11.3. The van der Waals surface area contributed by atoms with Crippen molar-refractivity contribution in [3.8, 4) is 11.6 Å². The Kier molecular flexibility index (Phi) is 4.89. The van der Waals surface area contributed by atoms with Crippen LogP contribution in [0.1, 0.15) is 19.2 Å². The number of anilines is 1. The van der Waals surface area contributed by atoms with Crippen molar-refractivity contribution in [2.45, 2.75) is 20.3 Å². The lowest BCUT2D eigenvalue weighted by atomic mass is 10.3. The van der Waals surface area contributed by atoms with Gasteiger partial charge in [-0.15, -0.1) is 0 Å². The maximum absolute atomic E-state index is 13.7. The number of hydrogen-bond donors (Lipinski definition) is 1. The molecule has 0 bridgehead atoms. The van der Waals surface area contributed by atoms with Crippen molar-refractivity contribution in [2.24, 2.45) is 0 Å². The lowest BCUT2D eigenvalue weighted by Crippen LogP contribution is -2.04. The van der Waals surface area contributed by atoms with E-state index in [-0.39, 0.29) is 5.75 Å². The maximum atomic E-state index is 13.7. The highest BCUT2D eigenvalue weighted by molar-refractivity contribution is 9.10. The van der Waals surface area contributed by atoms with E-state index < -0.39 is 5.82 Å². The van der Waals surface area contributed by atoms with Gasteiger partial charge in [0.2, 0.25) is 5.88 Å². The highest BCUT2D eigenvalue weighted by Crippen LogP contribution is 2.26. The maximum Gasteiger partial charge on any atom is 0.224 e. The van der Waals surface area contributed by atoms with Gasteiger partial charge in [0.15, 0.2) is 11.6 Å². The number of aromatic nitrogens is 2. The first-order valence-electron chi connectivity index (χ1n) is 6.31. The molecule has 0 aliphatic heterocycles. The van der Waals surface area contributed by atoms with Crippen LogP contribution in [0.4, 0.5) is 10.2 Å². The Balaban J connectivity index is 2.21. The third-order valence-electron chi connectivity index (χ3n) is 2.48. The summed E-state index contributed by atoms with van der Waals surface area (Å²) in [6.07, 6.45) is 0.987. The Morgan fingerprint density at radius 2 is 2.10 bits per heavy atom. The first-order chi connectivity index (χ1) is 9.58. The quantitative estimate of drug-likeness (QED) is 0.882. The topological polar surface area (TPSA) is 47.0 Å². The van der Waals surface area contributed by atoms with Crippen LogP contribution in [-0.2, 0) is 0 Å². The molecule has 0 spiro atoms. The van der Waals surface area contributed by atoms with Crippen molar-refractivity contribution < 1.29 is 9.13 Å². The molecule has 20 heavy (non-hydrogen) atoms. The number of halogens is 2. The van der Waals surface area contributed by atoms with E-state index in [1.807, 2.05) is 0 Å². The van der Waals surface area contributed by atoms with Crippen LogP contribution in [0.5, 0.6) is 11.6 Å². The molecular formula is C14H15BrFN3O. The van der Waals surface area contributed by atoms with Gasteiger partial charge in [-0.05, 0) is 31.5 Å². The number of aryl methyl sites for hydroxylation is 1. The molecule has 1 heterocycles. The molecule has 106 valence electrons. The molecule has 1 aromatic heterocycles. The lowest BCUT2D eigenvalue weighted by molar-refractivity contribution is 0.425. The SMILES string of the molecule is CCCNc1cc(Oc2ccc(Br)cc2F)nc(C)n1. The minimum absolute atomic E-state index is 0.132. The third kappa shape index (κ3) is 3.90. The van der Waals surface area contributed by atoms with Crippen LogP contribution >= 0.6 is 15.9 Å². The summed E-state index contributed by atoms with van der Waals surface area (Å²) in [4.78, 5) is 8.40. The Hall–Kier alpha value is -1.69. The first-order valence-corrected chi connectivity index (χ1v) is 7.10. The van der Waals surface area contributed by atoms with Gasteiger partial charge in [0.25, 0.3) is 0 Å². The zero-order valence-corrected chi connectivity index (χ0v) is 12.9. The smallest absolute Gasteiger partial charge is 0.224 e. The van der Waals surface area contributed by atoms with Crippen molar-refractivity contribution in [1.29, 1.82) is 0 Å². The monoisotopic (exact) mass is 339 g/mol. The second-order valence-electron chi connectivity index (χ2n) is 4.24. The Morgan fingerprint density at radius 3 is 2.80 bits per heavy atom. The normalized spacial score (nSPS) is 10.4. The number of ether oxygens (including phenoxy) is 1. The van der Waals surface area contributed by atoms with E-state index in [1.54, 1.807) is 25.1 Å². The molecule has 6 heteroatoms. The molecule has 0 saturated carbocycles. The summed E-state index contributed by atoms with van der Waals surface area (Å²) in [5.74, 6) is 1.24. The number of nitrogens with one attached hydrogen (secondary N) is 1. The Labute approximate surface area is 125 Å². The van der Waals surface area contributed by atoms with Gasteiger partial charge in [0, 0.05) is 17.1 Å². The van der Waals surface area contributed by atoms with Crippen LogP contribution in [-0.4, -0.2) is 16.5 Å². The molecule has 1 aromatic carbocycles. The molecule has 2 rings (SSSR count). The minimum Gasteiger partial charge on any atom is -0.436 e. The second-order valence-corrected chi connectivity index (χ2v) is 5.16. The molecule has 0 atom stereocenters. The molecule has 0 amide bonds. The summed E-state index contributed by atoms with van der Waals surface area (Å²) < 4.78 is 19.9. The van der Waals surface area contributed by atoms with Crippen LogP contribution < -0.4 is 10.1 Å². The Bertz CT molecular complexity index is 607. The highest BCUT2D eigenvalue weighted by Gasteiger charge is 2.08. The molecule has 2 aromatic rings. The van der Waals surface area contributed by atoms with E-state index >= 15 is 0 Å².